The summed E-state index contributed by atoms with van der Waals surface area (Å²) in [6, 6.07) is 7.39. The highest BCUT2D eigenvalue weighted by Gasteiger charge is 2.37. The lowest BCUT2D eigenvalue weighted by Crippen LogP contribution is -2.40. The van der Waals surface area contributed by atoms with Crippen LogP contribution >= 0.6 is 11.6 Å². The van der Waals surface area contributed by atoms with Crippen molar-refractivity contribution in [3.05, 3.63) is 71.9 Å². The van der Waals surface area contributed by atoms with Gasteiger partial charge in [-0.2, -0.15) is 10.2 Å². The van der Waals surface area contributed by atoms with Crippen molar-refractivity contribution < 1.29 is 18.7 Å². The predicted molar refractivity (Wildman–Crippen MR) is 132 cm³/mol. The molecule has 1 aliphatic carbocycles. The molecule has 0 atom stereocenters. The standard InChI is InChI=1S/C24H20ClFN8O3/c1-13-19(9-20(33-32-13)17-8-15(25)2-3-18(17)26)30-21-10-22(29-11-28-21)31-23(35)14-6-16(7-14)37-24(36)34-5-4-27-12-34/h2-5,8-12,14,16H,6-7H2,1H3,(H2,28,29,30,31,33,35). The van der Waals surface area contributed by atoms with Gasteiger partial charge in [0.2, 0.25) is 5.91 Å². The summed E-state index contributed by atoms with van der Waals surface area (Å²) in [5.41, 5.74) is 1.61. The maximum absolute atomic E-state index is 14.3. The number of nitrogens with one attached hydrogen (secondary N) is 2. The molecule has 1 aliphatic rings. The smallest absolute Gasteiger partial charge is 0.419 e. The number of halogens is 2. The molecule has 1 amide bonds. The van der Waals surface area contributed by atoms with Gasteiger partial charge in [-0.05, 0) is 44.0 Å². The van der Waals surface area contributed by atoms with E-state index in [4.69, 9.17) is 16.3 Å². The molecule has 0 aliphatic heterocycles. The van der Waals surface area contributed by atoms with Crippen molar-refractivity contribution in [2.24, 2.45) is 5.92 Å². The molecule has 2 N–H and O–H groups in total. The quantitative estimate of drug-likeness (QED) is 0.378. The molecule has 188 valence electrons. The van der Waals surface area contributed by atoms with Crippen LogP contribution in [0.2, 0.25) is 5.02 Å². The number of aryl methyl sites for hydroxylation is 1. The summed E-state index contributed by atoms with van der Waals surface area (Å²) < 4.78 is 20.9. The fourth-order valence-corrected chi connectivity index (χ4v) is 3.88. The lowest BCUT2D eigenvalue weighted by atomic mass is 9.81. The van der Waals surface area contributed by atoms with Gasteiger partial charge in [0.25, 0.3) is 0 Å². The van der Waals surface area contributed by atoms with Gasteiger partial charge >= 0.3 is 6.09 Å². The number of imidazole rings is 1. The maximum atomic E-state index is 14.3. The van der Waals surface area contributed by atoms with Crippen molar-refractivity contribution in [3.63, 3.8) is 0 Å². The highest BCUT2D eigenvalue weighted by Crippen LogP contribution is 2.32. The number of rotatable bonds is 6. The second kappa shape index (κ2) is 10.3. The molecule has 3 heterocycles. The first-order valence-electron chi connectivity index (χ1n) is 11.2. The summed E-state index contributed by atoms with van der Waals surface area (Å²) in [7, 11) is 0. The van der Waals surface area contributed by atoms with E-state index in [2.05, 4.69) is 35.8 Å². The summed E-state index contributed by atoms with van der Waals surface area (Å²) in [4.78, 5) is 36.7. The number of benzene rings is 1. The Morgan fingerprint density at radius 1 is 1.14 bits per heavy atom. The van der Waals surface area contributed by atoms with Gasteiger partial charge in [-0.15, -0.1) is 0 Å². The van der Waals surface area contributed by atoms with Crippen LogP contribution in [0.4, 0.5) is 26.5 Å². The zero-order valence-corrected chi connectivity index (χ0v) is 20.2. The fraction of sp³-hybridized carbons (Fsp3) is 0.208. The summed E-state index contributed by atoms with van der Waals surface area (Å²) in [6.45, 7) is 1.74. The van der Waals surface area contributed by atoms with E-state index in [1.807, 2.05) is 0 Å². The summed E-state index contributed by atoms with van der Waals surface area (Å²) in [6.07, 6.45) is 5.57. The van der Waals surface area contributed by atoms with Crippen molar-refractivity contribution in [2.75, 3.05) is 10.6 Å². The number of amides is 1. The molecule has 1 fully saturated rings. The largest absolute Gasteiger partial charge is 0.446 e. The topological polar surface area (TPSA) is 137 Å². The van der Waals surface area contributed by atoms with Crippen LogP contribution in [0.15, 0.2) is 55.4 Å². The van der Waals surface area contributed by atoms with Crippen LogP contribution in [-0.2, 0) is 9.53 Å². The van der Waals surface area contributed by atoms with Gasteiger partial charge < -0.3 is 15.4 Å². The third-order valence-corrected chi connectivity index (χ3v) is 6.05. The highest BCUT2D eigenvalue weighted by atomic mass is 35.5. The van der Waals surface area contributed by atoms with Gasteiger partial charge in [-0.25, -0.2) is 28.7 Å². The Labute approximate surface area is 215 Å². The van der Waals surface area contributed by atoms with Crippen LogP contribution in [0.3, 0.4) is 0 Å². The van der Waals surface area contributed by atoms with Gasteiger partial charge in [0.15, 0.2) is 0 Å². The Hall–Kier alpha value is -4.45. The SMILES string of the molecule is Cc1nnc(-c2cc(Cl)ccc2F)cc1Nc1cc(NC(=O)C2CC(OC(=O)n3ccnc3)C2)ncn1. The van der Waals surface area contributed by atoms with Crippen LogP contribution in [0.25, 0.3) is 11.3 Å². The molecule has 1 aromatic carbocycles. The number of hydrogen-bond acceptors (Lipinski definition) is 9. The molecule has 0 spiro atoms. The summed E-state index contributed by atoms with van der Waals surface area (Å²) >= 11 is 6.01. The Morgan fingerprint density at radius 2 is 1.95 bits per heavy atom. The average Bonchev–Trinajstić information content (AvgIpc) is 3.39. The minimum atomic E-state index is -0.532. The number of ether oxygens (including phenoxy) is 1. The first-order valence-corrected chi connectivity index (χ1v) is 11.6. The van der Waals surface area contributed by atoms with E-state index in [0.29, 0.717) is 46.6 Å². The van der Waals surface area contributed by atoms with E-state index >= 15 is 0 Å². The second-order valence-corrected chi connectivity index (χ2v) is 8.84. The van der Waals surface area contributed by atoms with Crippen LogP contribution < -0.4 is 10.6 Å². The Bertz CT molecular complexity index is 1460. The molecule has 0 radical (unpaired) electrons. The van der Waals surface area contributed by atoms with Gasteiger partial charge in [-0.3, -0.25) is 4.79 Å². The minimum Gasteiger partial charge on any atom is -0.446 e. The van der Waals surface area contributed by atoms with Gasteiger partial charge in [0.1, 0.15) is 36.2 Å². The molecule has 0 unspecified atom stereocenters. The Morgan fingerprint density at radius 3 is 2.73 bits per heavy atom. The molecule has 0 saturated heterocycles. The van der Waals surface area contributed by atoms with Crippen LogP contribution in [0.1, 0.15) is 18.5 Å². The van der Waals surface area contributed by atoms with Crippen LogP contribution in [0.5, 0.6) is 0 Å². The number of aromatic nitrogens is 6. The van der Waals surface area contributed by atoms with Crippen molar-refractivity contribution >= 4 is 40.9 Å². The number of anilines is 3. The lowest BCUT2D eigenvalue weighted by molar-refractivity contribution is -0.126. The van der Waals surface area contributed by atoms with Crippen LogP contribution in [0, 0.1) is 18.7 Å². The van der Waals surface area contributed by atoms with E-state index in [0.717, 1.165) is 0 Å². The molecule has 3 aromatic heterocycles. The molecular weight excluding hydrogens is 503 g/mol. The molecule has 1 saturated carbocycles. The van der Waals surface area contributed by atoms with E-state index in [9.17, 15) is 14.0 Å². The summed E-state index contributed by atoms with van der Waals surface area (Å²) in [5, 5.41) is 14.4. The first kappa shape index (κ1) is 24.3. The fourth-order valence-electron chi connectivity index (χ4n) is 3.71. The molecular formula is C24H20ClFN8O3. The van der Waals surface area contributed by atoms with Crippen molar-refractivity contribution in [2.45, 2.75) is 25.9 Å². The number of hydrogen-bond donors (Lipinski definition) is 2. The molecule has 11 nitrogen and oxygen atoms in total. The van der Waals surface area contributed by atoms with E-state index < -0.39 is 11.9 Å². The zero-order valence-electron chi connectivity index (χ0n) is 19.4. The number of carbonyl (C=O) groups is 2. The minimum absolute atomic E-state index is 0.216. The Kier molecular flexibility index (Phi) is 6.73. The van der Waals surface area contributed by atoms with E-state index in [1.54, 1.807) is 19.1 Å². The van der Waals surface area contributed by atoms with Crippen molar-refractivity contribution in [1.29, 1.82) is 0 Å². The molecule has 37 heavy (non-hydrogen) atoms. The monoisotopic (exact) mass is 522 g/mol. The highest BCUT2D eigenvalue weighted by molar-refractivity contribution is 6.30. The first-order chi connectivity index (χ1) is 17.9. The third-order valence-electron chi connectivity index (χ3n) is 5.81. The number of nitrogens with zero attached hydrogens (tertiary/aromatic N) is 6. The third kappa shape index (κ3) is 5.54. The van der Waals surface area contributed by atoms with Crippen molar-refractivity contribution in [1.82, 2.24) is 29.7 Å². The van der Waals surface area contributed by atoms with Gasteiger partial charge in [-0.1, -0.05) is 11.6 Å². The molecule has 5 rings (SSSR count). The normalized spacial score (nSPS) is 16.5. The van der Waals surface area contributed by atoms with E-state index in [-0.39, 0.29) is 23.5 Å². The lowest BCUT2D eigenvalue weighted by Gasteiger charge is -2.33. The zero-order chi connectivity index (χ0) is 25.9. The molecule has 13 heteroatoms. The molecule has 4 aromatic rings. The number of carbonyl (C=O) groups excluding carboxylic acids is 2. The van der Waals surface area contributed by atoms with Gasteiger partial charge in [0, 0.05) is 35.0 Å². The van der Waals surface area contributed by atoms with Crippen molar-refractivity contribution in [3.8, 4) is 11.3 Å². The predicted octanol–water partition coefficient (Wildman–Crippen LogP) is 4.38. The van der Waals surface area contributed by atoms with Gasteiger partial charge in [0.05, 0.1) is 17.1 Å². The maximum Gasteiger partial charge on any atom is 0.419 e. The molecule has 0 bridgehead atoms. The summed E-state index contributed by atoms with van der Waals surface area (Å²) in [5.74, 6) is -0.342. The second-order valence-electron chi connectivity index (χ2n) is 8.40. The Balaban J connectivity index is 1.21. The average molecular weight is 523 g/mol. The van der Waals surface area contributed by atoms with Crippen LogP contribution in [-0.4, -0.2) is 47.8 Å². The van der Waals surface area contributed by atoms with E-state index in [1.165, 1.54) is 47.8 Å².